The summed E-state index contributed by atoms with van der Waals surface area (Å²) in [6, 6.07) is 7.17. The topological polar surface area (TPSA) is 77.4 Å². The molecule has 1 amide bonds. The lowest BCUT2D eigenvalue weighted by Crippen LogP contribution is -2.37. The van der Waals surface area contributed by atoms with Gasteiger partial charge in [-0.05, 0) is 32.9 Å². The summed E-state index contributed by atoms with van der Waals surface area (Å²) in [6.45, 7) is 6.25. The van der Waals surface area contributed by atoms with E-state index in [1.165, 1.54) is 25.1 Å². The zero-order chi connectivity index (χ0) is 25.0. The number of hydrogen-bond donors (Lipinski definition) is 2. The minimum Gasteiger partial charge on any atom is -0.378 e. The number of alkyl halides is 2. The fourth-order valence-electron chi connectivity index (χ4n) is 3.69. The smallest absolute Gasteiger partial charge is 0.266 e. The maximum Gasteiger partial charge on any atom is 0.266 e. The van der Waals surface area contributed by atoms with E-state index in [0.29, 0.717) is 26.3 Å². The number of anilines is 2. The van der Waals surface area contributed by atoms with Crippen molar-refractivity contribution in [2.24, 2.45) is 0 Å². The number of carbonyl (C=O) groups excluding carboxylic acids is 1. The van der Waals surface area contributed by atoms with Crippen LogP contribution in [0, 0.1) is 23.0 Å². The Morgan fingerprint density at radius 1 is 1.18 bits per heavy atom. The maximum atomic E-state index is 15.0. The van der Waals surface area contributed by atoms with Gasteiger partial charge in [-0.3, -0.25) is 4.79 Å². The average molecular weight is 478 g/mol. The first kappa shape index (κ1) is 25.3. The summed E-state index contributed by atoms with van der Waals surface area (Å²) in [4.78, 5) is 15.0. The number of carbonyl (C=O) groups is 1. The lowest BCUT2D eigenvalue weighted by atomic mass is 10.0. The van der Waals surface area contributed by atoms with Crippen LogP contribution in [0.4, 0.5) is 28.9 Å². The second kappa shape index (κ2) is 10.3. The molecule has 2 aromatic carbocycles. The molecule has 0 aliphatic carbocycles. The lowest BCUT2D eigenvalue weighted by Gasteiger charge is -2.30. The van der Waals surface area contributed by atoms with Gasteiger partial charge in [-0.25, -0.2) is 17.6 Å². The number of nitrogens with one attached hydrogen (secondary N) is 2. The van der Waals surface area contributed by atoms with Gasteiger partial charge in [0.25, 0.3) is 12.3 Å². The van der Waals surface area contributed by atoms with Gasteiger partial charge in [-0.15, -0.1) is 0 Å². The number of rotatable bonds is 7. The third-order valence-electron chi connectivity index (χ3n) is 5.52. The highest BCUT2D eigenvalue weighted by Gasteiger charge is 2.26. The van der Waals surface area contributed by atoms with Crippen LogP contribution < -0.4 is 15.5 Å². The van der Waals surface area contributed by atoms with Crippen LogP contribution in [0.3, 0.4) is 0 Å². The zero-order valence-electron chi connectivity index (χ0n) is 19.1. The van der Waals surface area contributed by atoms with Crippen LogP contribution in [0.25, 0.3) is 0 Å². The van der Waals surface area contributed by atoms with Crippen molar-refractivity contribution in [3.8, 4) is 6.07 Å². The van der Waals surface area contributed by atoms with Gasteiger partial charge in [-0.2, -0.15) is 5.26 Å². The van der Waals surface area contributed by atoms with Gasteiger partial charge in [-0.1, -0.05) is 18.2 Å². The number of ether oxygens (including phenoxy) is 1. The van der Waals surface area contributed by atoms with Gasteiger partial charge in [0.05, 0.1) is 47.8 Å². The molecule has 10 heteroatoms. The Balaban J connectivity index is 1.97. The Bertz CT molecular complexity index is 1100. The molecule has 0 radical (unpaired) electrons. The Labute approximate surface area is 195 Å². The van der Waals surface area contributed by atoms with Crippen molar-refractivity contribution >= 4 is 17.3 Å². The summed E-state index contributed by atoms with van der Waals surface area (Å²) >= 11 is 0. The minimum absolute atomic E-state index is 0.0310. The molecular weight excluding hydrogens is 452 g/mol. The van der Waals surface area contributed by atoms with Crippen molar-refractivity contribution in [1.82, 2.24) is 5.32 Å². The second-order valence-electron chi connectivity index (χ2n) is 8.56. The Kier molecular flexibility index (Phi) is 7.67. The van der Waals surface area contributed by atoms with E-state index in [1.807, 2.05) is 6.07 Å². The number of benzene rings is 2. The van der Waals surface area contributed by atoms with E-state index in [9.17, 15) is 27.6 Å². The molecule has 1 aliphatic heterocycles. The van der Waals surface area contributed by atoms with E-state index in [-0.39, 0.29) is 22.5 Å². The van der Waals surface area contributed by atoms with Crippen LogP contribution in [-0.4, -0.2) is 37.7 Å². The number of nitriles is 1. The lowest BCUT2D eigenvalue weighted by molar-refractivity contribution is 0.0940. The molecule has 0 saturated carbocycles. The maximum absolute atomic E-state index is 15.0. The first-order chi connectivity index (χ1) is 16.0. The number of morpholine rings is 1. The molecule has 2 N–H and O–H groups in total. The Hall–Kier alpha value is -3.32. The molecule has 0 spiro atoms. The fourth-order valence-corrected chi connectivity index (χ4v) is 3.69. The normalized spacial score (nSPS) is 15.1. The van der Waals surface area contributed by atoms with Gasteiger partial charge in [0.15, 0.2) is 0 Å². The Morgan fingerprint density at radius 3 is 2.44 bits per heavy atom. The van der Waals surface area contributed by atoms with E-state index in [1.54, 1.807) is 18.7 Å². The van der Waals surface area contributed by atoms with Crippen molar-refractivity contribution in [2.75, 3.05) is 36.5 Å². The van der Waals surface area contributed by atoms with Crippen LogP contribution >= 0.6 is 0 Å². The summed E-state index contributed by atoms with van der Waals surface area (Å²) in [5.41, 5.74) is -1.68. The Morgan fingerprint density at radius 2 is 1.82 bits per heavy atom. The highest BCUT2D eigenvalue weighted by Crippen LogP contribution is 2.31. The molecule has 182 valence electrons. The predicted octanol–water partition coefficient (Wildman–Crippen LogP) is 4.94. The van der Waals surface area contributed by atoms with Crippen molar-refractivity contribution in [2.45, 2.75) is 38.8 Å². The molecule has 34 heavy (non-hydrogen) atoms. The average Bonchev–Trinajstić information content (AvgIpc) is 2.79. The quantitative estimate of drug-likeness (QED) is 0.551. The van der Waals surface area contributed by atoms with Crippen LogP contribution in [0.1, 0.15) is 54.7 Å². The van der Waals surface area contributed by atoms with E-state index in [2.05, 4.69) is 10.6 Å². The molecule has 1 saturated heterocycles. The van der Waals surface area contributed by atoms with Gasteiger partial charge < -0.3 is 20.3 Å². The number of halogens is 4. The van der Waals surface area contributed by atoms with E-state index in [4.69, 9.17) is 4.74 Å². The largest absolute Gasteiger partial charge is 0.378 e. The summed E-state index contributed by atoms with van der Waals surface area (Å²) in [7, 11) is 0. The minimum atomic E-state index is -3.00. The monoisotopic (exact) mass is 478 g/mol. The van der Waals surface area contributed by atoms with Crippen molar-refractivity contribution in [3.05, 3.63) is 58.7 Å². The third kappa shape index (κ3) is 5.59. The van der Waals surface area contributed by atoms with E-state index >= 15 is 0 Å². The zero-order valence-corrected chi connectivity index (χ0v) is 19.1. The van der Waals surface area contributed by atoms with E-state index in [0.717, 1.165) is 12.1 Å². The van der Waals surface area contributed by atoms with Crippen LogP contribution in [0.5, 0.6) is 0 Å². The predicted molar refractivity (Wildman–Crippen MR) is 120 cm³/mol. The van der Waals surface area contributed by atoms with Crippen LogP contribution in [0.2, 0.25) is 0 Å². The molecular formula is C24H26F4N4O2. The van der Waals surface area contributed by atoms with Crippen molar-refractivity contribution in [1.29, 1.82) is 5.26 Å². The first-order valence-electron chi connectivity index (χ1n) is 10.8. The van der Waals surface area contributed by atoms with Gasteiger partial charge in [0, 0.05) is 18.7 Å². The van der Waals surface area contributed by atoms with Gasteiger partial charge >= 0.3 is 0 Å². The highest BCUT2D eigenvalue weighted by atomic mass is 19.3. The van der Waals surface area contributed by atoms with E-state index < -0.39 is 41.1 Å². The molecule has 0 bridgehead atoms. The van der Waals surface area contributed by atoms with Gasteiger partial charge in [0.2, 0.25) is 0 Å². The summed E-state index contributed by atoms with van der Waals surface area (Å²) in [5.74, 6) is -2.36. The van der Waals surface area contributed by atoms with Crippen LogP contribution in [0.15, 0.2) is 30.3 Å². The second-order valence-corrected chi connectivity index (χ2v) is 8.56. The van der Waals surface area contributed by atoms with Crippen molar-refractivity contribution in [3.63, 3.8) is 0 Å². The summed E-state index contributed by atoms with van der Waals surface area (Å²) in [5, 5.41) is 14.8. The molecule has 1 fully saturated rings. The molecule has 1 atom stereocenters. The fraction of sp³-hybridized carbons (Fsp3) is 0.417. The molecule has 0 aromatic heterocycles. The molecule has 1 heterocycles. The standard InChI is InChI=1S/C24H26F4N4O2/c1-14(15-5-4-6-16(21(15)26)22(27)28)30-23(33)17-11-20(32-7-9-34-10-8-32)18(25)12-19(17)31-24(2,3)13-29/h4-6,11-12,14,22,31H,7-10H2,1-3H3,(H,30,33)/t14-/m1/s1. The SMILES string of the molecule is C[C@@H](NC(=O)c1cc(N2CCOCC2)c(F)cc1NC(C)(C)C#N)c1cccc(C(F)F)c1F. The molecule has 0 unspecified atom stereocenters. The van der Waals surface area contributed by atoms with Crippen molar-refractivity contribution < 1.29 is 27.1 Å². The van der Waals surface area contributed by atoms with Gasteiger partial charge in [0.1, 0.15) is 17.2 Å². The summed E-state index contributed by atoms with van der Waals surface area (Å²) < 4.78 is 61.1. The highest BCUT2D eigenvalue weighted by molar-refractivity contribution is 6.01. The number of nitrogens with zero attached hydrogens (tertiary/aromatic N) is 2. The molecule has 1 aliphatic rings. The molecule has 6 nitrogen and oxygen atoms in total. The number of hydrogen-bond acceptors (Lipinski definition) is 5. The van der Waals surface area contributed by atoms with Crippen LogP contribution in [-0.2, 0) is 4.74 Å². The molecule has 2 aromatic rings. The summed E-state index contributed by atoms with van der Waals surface area (Å²) in [6.07, 6.45) is -3.00. The molecule has 3 rings (SSSR count). The number of amides is 1. The third-order valence-corrected chi connectivity index (χ3v) is 5.52. The first-order valence-corrected chi connectivity index (χ1v) is 10.8.